The van der Waals surface area contributed by atoms with Crippen molar-refractivity contribution in [2.75, 3.05) is 43.4 Å². The molecule has 1 N–H and O–H groups in total. The molecule has 1 aromatic heterocycles. The third-order valence-corrected chi connectivity index (χ3v) is 3.54. The van der Waals surface area contributed by atoms with E-state index < -0.39 is 4.92 Å². The third kappa shape index (κ3) is 2.96. The van der Waals surface area contributed by atoms with E-state index in [4.69, 9.17) is 0 Å². The highest BCUT2D eigenvalue weighted by molar-refractivity contribution is 5.59. The second kappa shape index (κ2) is 6.00. The number of aromatic nitrogens is 2. The summed E-state index contributed by atoms with van der Waals surface area (Å²) < 4.78 is 0. The van der Waals surface area contributed by atoms with Crippen LogP contribution in [0.3, 0.4) is 0 Å². The van der Waals surface area contributed by atoms with Crippen LogP contribution in [0.5, 0.6) is 0 Å². The number of nitrogens with one attached hydrogen (secondary N) is 1. The Bertz CT molecular complexity index is 495. The maximum atomic E-state index is 11.1. The SMILES string of the molecule is CCNc1ncc([N+](=O)[O-])c(N2CCN(C)C(C)C2)n1. The molecule has 2 heterocycles. The van der Waals surface area contributed by atoms with Crippen LogP contribution in [0, 0.1) is 10.1 Å². The van der Waals surface area contributed by atoms with E-state index in [1.165, 1.54) is 6.20 Å². The largest absolute Gasteiger partial charge is 0.354 e. The van der Waals surface area contributed by atoms with Crippen molar-refractivity contribution < 1.29 is 4.92 Å². The Morgan fingerprint density at radius 2 is 2.30 bits per heavy atom. The Morgan fingerprint density at radius 3 is 2.90 bits per heavy atom. The Balaban J connectivity index is 2.32. The molecule has 0 spiro atoms. The average molecular weight is 280 g/mol. The Kier molecular flexibility index (Phi) is 4.33. The summed E-state index contributed by atoms with van der Waals surface area (Å²) in [7, 11) is 2.06. The highest BCUT2D eigenvalue weighted by Gasteiger charge is 2.28. The molecule has 1 unspecified atom stereocenters. The molecule has 0 amide bonds. The molecule has 8 heteroatoms. The van der Waals surface area contributed by atoms with E-state index in [2.05, 4.69) is 34.2 Å². The van der Waals surface area contributed by atoms with E-state index >= 15 is 0 Å². The lowest BCUT2D eigenvalue weighted by molar-refractivity contribution is -0.384. The van der Waals surface area contributed by atoms with Crippen molar-refractivity contribution in [3.8, 4) is 0 Å². The monoisotopic (exact) mass is 280 g/mol. The number of likely N-dealkylation sites (N-methyl/N-ethyl adjacent to an activating group) is 1. The quantitative estimate of drug-likeness (QED) is 0.649. The fraction of sp³-hybridized carbons (Fsp3) is 0.667. The fourth-order valence-electron chi connectivity index (χ4n) is 2.21. The van der Waals surface area contributed by atoms with Gasteiger partial charge in [-0.05, 0) is 20.9 Å². The van der Waals surface area contributed by atoms with E-state index in [0.29, 0.717) is 24.4 Å². The Morgan fingerprint density at radius 1 is 1.55 bits per heavy atom. The van der Waals surface area contributed by atoms with Crippen molar-refractivity contribution >= 4 is 17.5 Å². The lowest BCUT2D eigenvalue weighted by Crippen LogP contribution is -2.50. The summed E-state index contributed by atoms with van der Waals surface area (Å²) >= 11 is 0. The van der Waals surface area contributed by atoms with Gasteiger partial charge in [0.2, 0.25) is 11.8 Å². The summed E-state index contributed by atoms with van der Waals surface area (Å²) in [5.41, 5.74) is -0.0385. The molecule has 1 aromatic rings. The van der Waals surface area contributed by atoms with Crippen molar-refractivity contribution in [1.29, 1.82) is 0 Å². The van der Waals surface area contributed by atoms with Crippen molar-refractivity contribution in [1.82, 2.24) is 14.9 Å². The first kappa shape index (κ1) is 14.4. The standard InChI is InChI=1S/C12H20N6O2/c1-4-13-12-14-7-10(18(19)20)11(15-12)17-6-5-16(3)9(2)8-17/h7,9H,4-6,8H2,1-3H3,(H,13,14,15). The molecule has 110 valence electrons. The minimum Gasteiger partial charge on any atom is -0.354 e. The molecule has 2 rings (SSSR count). The number of hydrogen-bond acceptors (Lipinski definition) is 7. The summed E-state index contributed by atoms with van der Waals surface area (Å²) in [6.45, 7) is 7.02. The lowest BCUT2D eigenvalue weighted by atomic mass is 10.2. The molecule has 1 aliphatic heterocycles. The van der Waals surface area contributed by atoms with Gasteiger partial charge in [0, 0.05) is 32.2 Å². The van der Waals surface area contributed by atoms with Crippen LogP contribution < -0.4 is 10.2 Å². The van der Waals surface area contributed by atoms with Gasteiger partial charge >= 0.3 is 5.69 Å². The van der Waals surface area contributed by atoms with Crippen LogP contribution in [-0.2, 0) is 0 Å². The van der Waals surface area contributed by atoms with E-state index in [1.807, 2.05) is 11.8 Å². The number of nitrogens with zero attached hydrogens (tertiary/aromatic N) is 5. The summed E-state index contributed by atoms with van der Waals surface area (Å²) in [6, 6.07) is 0.334. The van der Waals surface area contributed by atoms with Crippen molar-refractivity contribution in [2.24, 2.45) is 0 Å². The van der Waals surface area contributed by atoms with Gasteiger partial charge in [-0.2, -0.15) is 4.98 Å². The first-order valence-electron chi connectivity index (χ1n) is 6.73. The second-order valence-electron chi connectivity index (χ2n) is 4.97. The molecule has 0 aromatic carbocycles. The summed E-state index contributed by atoms with van der Waals surface area (Å²) in [5, 5.41) is 14.1. The van der Waals surface area contributed by atoms with E-state index in [1.54, 1.807) is 0 Å². The molecule has 0 radical (unpaired) electrons. The van der Waals surface area contributed by atoms with Crippen LogP contribution >= 0.6 is 0 Å². The normalized spacial score (nSPS) is 19.9. The first-order valence-corrected chi connectivity index (χ1v) is 6.73. The smallest absolute Gasteiger partial charge is 0.329 e. The Labute approximate surface area is 118 Å². The molecule has 1 atom stereocenters. The van der Waals surface area contributed by atoms with Gasteiger partial charge < -0.3 is 15.1 Å². The van der Waals surface area contributed by atoms with Crippen LogP contribution in [0.15, 0.2) is 6.20 Å². The van der Waals surface area contributed by atoms with Gasteiger partial charge in [0.05, 0.1) is 4.92 Å². The molecule has 0 aliphatic carbocycles. The number of piperazine rings is 1. The van der Waals surface area contributed by atoms with Gasteiger partial charge in [0.25, 0.3) is 0 Å². The molecule has 1 aliphatic rings. The van der Waals surface area contributed by atoms with E-state index in [-0.39, 0.29) is 5.69 Å². The van der Waals surface area contributed by atoms with Crippen LogP contribution in [0.1, 0.15) is 13.8 Å². The number of rotatable bonds is 4. The van der Waals surface area contributed by atoms with Crippen molar-refractivity contribution in [2.45, 2.75) is 19.9 Å². The summed E-state index contributed by atoms with van der Waals surface area (Å²) in [6.07, 6.45) is 1.28. The fourth-order valence-corrected chi connectivity index (χ4v) is 2.21. The Hall–Kier alpha value is -1.96. The van der Waals surface area contributed by atoms with Gasteiger partial charge in [0.1, 0.15) is 6.20 Å². The van der Waals surface area contributed by atoms with Gasteiger partial charge in [0.15, 0.2) is 0 Å². The zero-order chi connectivity index (χ0) is 14.7. The minimum absolute atomic E-state index is 0.0385. The van der Waals surface area contributed by atoms with Crippen LogP contribution in [0.25, 0.3) is 0 Å². The van der Waals surface area contributed by atoms with Crippen LogP contribution in [0.2, 0.25) is 0 Å². The molecule has 1 saturated heterocycles. The maximum Gasteiger partial charge on any atom is 0.329 e. The molecule has 20 heavy (non-hydrogen) atoms. The summed E-state index contributed by atoms with van der Waals surface area (Å²) in [5.74, 6) is 0.834. The molecule has 1 fully saturated rings. The first-order chi connectivity index (χ1) is 9.52. The number of nitro groups is 1. The second-order valence-corrected chi connectivity index (χ2v) is 4.97. The highest BCUT2D eigenvalue weighted by Crippen LogP contribution is 2.27. The average Bonchev–Trinajstić information content (AvgIpc) is 2.42. The van der Waals surface area contributed by atoms with E-state index in [0.717, 1.165) is 19.6 Å². The van der Waals surface area contributed by atoms with E-state index in [9.17, 15) is 10.1 Å². The van der Waals surface area contributed by atoms with Gasteiger partial charge in [-0.15, -0.1) is 0 Å². The maximum absolute atomic E-state index is 11.1. The van der Waals surface area contributed by atoms with Crippen molar-refractivity contribution in [3.05, 3.63) is 16.3 Å². The van der Waals surface area contributed by atoms with Gasteiger partial charge in [-0.1, -0.05) is 0 Å². The van der Waals surface area contributed by atoms with Crippen molar-refractivity contribution in [3.63, 3.8) is 0 Å². The molecule has 8 nitrogen and oxygen atoms in total. The predicted molar refractivity (Wildman–Crippen MR) is 77.2 cm³/mol. The molecular weight excluding hydrogens is 260 g/mol. The molecule has 0 bridgehead atoms. The lowest BCUT2D eigenvalue weighted by Gasteiger charge is -2.37. The van der Waals surface area contributed by atoms with Crippen LogP contribution in [-0.4, -0.2) is 59.1 Å². The van der Waals surface area contributed by atoms with Gasteiger partial charge in [-0.3, -0.25) is 10.1 Å². The molecular formula is C12H20N6O2. The predicted octanol–water partition coefficient (Wildman–Crippen LogP) is 0.957. The molecule has 0 saturated carbocycles. The zero-order valence-corrected chi connectivity index (χ0v) is 12.0. The topological polar surface area (TPSA) is 87.4 Å². The number of hydrogen-bond donors (Lipinski definition) is 1. The minimum atomic E-state index is -0.423. The number of anilines is 2. The highest BCUT2D eigenvalue weighted by atomic mass is 16.6. The van der Waals surface area contributed by atoms with Gasteiger partial charge in [-0.25, -0.2) is 4.98 Å². The zero-order valence-electron chi connectivity index (χ0n) is 12.0. The van der Waals surface area contributed by atoms with Crippen LogP contribution in [0.4, 0.5) is 17.5 Å². The third-order valence-electron chi connectivity index (χ3n) is 3.54. The summed E-state index contributed by atoms with van der Waals surface area (Å²) in [4.78, 5) is 23.2.